The van der Waals surface area contributed by atoms with Crippen molar-refractivity contribution in [2.75, 3.05) is 13.2 Å². The third kappa shape index (κ3) is 3.22. The Bertz CT molecular complexity index is 1190. The Morgan fingerprint density at radius 1 is 1.16 bits per heavy atom. The van der Waals surface area contributed by atoms with Gasteiger partial charge in [0.05, 0.1) is 37.2 Å². The number of carbonyl (C=O) groups is 1. The molecule has 1 amide bonds. The predicted molar refractivity (Wildman–Crippen MR) is 101 cm³/mol. The summed E-state index contributed by atoms with van der Waals surface area (Å²) in [4.78, 5) is 22.8. The summed E-state index contributed by atoms with van der Waals surface area (Å²) in [6.07, 6.45) is -2.53. The van der Waals surface area contributed by atoms with Crippen LogP contribution in [0.4, 0.5) is 17.6 Å². The molecule has 3 aromatic rings. The van der Waals surface area contributed by atoms with Crippen LogP contribution in [0, 0.1) is 12.7 Å². The number of aromatic nitrogens is 5. The third-order valence-electron chi connectivity index (χ3n) is 5.71. The summed E-state index contributed by atoms with van der Waals surface area (Å²) in [5, 5.41) is 8.28. The highest BCUT2D eigenvalue weighted by atomic mass is 19.4. The van der Waals surface area contributed by atoms with E-state index in [1.807, 2.05) is 0 Å². The Morgan fingerprint density at radius 3 is 2.62 bits per heavy atom. The molecule has 1 aromatic carbocycles. The van der Waals surface area contributed by atoms with Crippen LogP contribution in [0.1, 0.15) is 33.4 Å². The lowest BCUT2D eigenvalue weighted by Gasteiger charge is -2.45. The Morgan fingerprint density at radius 2 is 1.91 bits per heavy atom. The molecule has 166 valence electrons. The van der Waals surface area contributed by atoms with Crippen LogP contribution in [0.15, 0.2) is 30.6 Å². The highest BCUT2D eigenvalue weighted by Crippen LogP contribution is 2.37. The quantitative estimate of drug-likeness (QED) is 0.561. The molecule has 2 atom stereocenters. The zero-order chi connectivity index (χ0) is 22.6. The van der Waals surface area contributed by atoms with Crippen LogP contribution in [-0.4, -0.2) is 54.8 Å². The van der Waals surface area contributed by atoms with E-state index in [-0.39, 0.29) is 36.7 Å². The van der Waals surface area contributed by atoms with Crippen molar-refractivity contribution < 1.29 is 27.1 Å². The van der Waals surface area contributed by atoms with E-state index in [2.05, 4.69) is 20.2 Å². The number of hydrogen-bond acceptors (Lipinski definition) is 6. The van der Waals surface area contributed by atoms with Gasteiger partial charge >= 0.3 is 6.18 Å². The fourth-order valence-electron chi connectivity index (χ4n) is 4.24. The minimum Gasteiger partial charge on any atom is -0.377 e. The van der Waals surface area contributed by atoms with Crippen molar-refractivity contribution >= 4 is 5.91 Å². The number of rotatable bonds is 2. The maximum atomic E-state index is 13.4. The number of nitrogens with zero attached hydrogens (tertiary/aromatic N) is 6. The van der Waals surface area contributed by atoms with Crippen LogP contribution in [-0.2, 0) is 17.5 Å². The van der Waals surface area contributed by atoms with Gasteiger partial charge in [0.25, 0.3) is 5.91 Å². The molecule has 2 aromatic heterocycles. The van der Waals surface area contributed by atoms with E-state index in [1.165, 1.54) is 24.0 Å². The van der Waals surface area contributed by atoms with Gasteiger partial charge in [-0.1, -0.05) is 6.07 Å². The predicted octanol–water partition coefficient (Wildman–Crippen LogP) is 2.80. The Hall–Kier alpha value is -3.41. The molecule has 0 aliphatic carbocycles. The highest BCUT2D eigenvalue weighted by Gasteiger charge is 2.45. The summed E-state index contributed by atoms with van der Waals surface area (Å²) in [6.45, 7) is 1.83. The van der Waals surface area contributed by atoms with Crippen molar-refractivity contribution in [3.63, 3.8) is 0 Å². The van der Waals surface area contributed by atoms with Crippen LogP contribution >= 0.6 is 0 Å². The smallest absolute Gasteiger partial charge is 0.377 e. The topological polar surface area (TPSA) is 86.0 Å². The number of hydrogen-bond donors (Lipinski definition) is 0. The van der Waals surface area contributed by atoms with E-state index < -0.39 is 35.5 Å². The number of ether oxygens (including phenoxy) is 1. The number of alkyl halides is 3. The van der Waals surface area contributed by atoms with Gasteiger partial charge in [-0.15, -0.1) is 10.2 Å². The second-order valence-corrected chi connectivity index (χ2v) is 7.61. The van der Waals surface area contributed by atoms with E-state index >= 15 is 0 Å². The maximum Gasteiger partial charge on any atom is 0.416 e. The summed E-state index contributed by atoms with van der Waals surface area (Å²) >= 11 is 0. The van der Waals surface area contributed by atoms with Crippen molar-refractivity contribution in [2.24, 2.45) is 0 Å². The van der Waals surface area contributed by atoms with E-state index in [4.69, 9.17) is 4.74 Å². The molecule has 2 aliphatic heterocycles. The number of morpholine rings is 1. The van der Waals surface area contributed by atoms with Gasteiger partial charge in [-0.3, -0.25) is 4.79 Å². The average Bonchev–Trinajstić information content (AvgIpc) is 3.16. The molecule has 1 saturated heterocycles. The molecule has 5 rings (SSSR count). The van der Waals surface area contributed by atoms with Gasteiger partial charge in [0, 0.05) is 12.1 Å². The molecule has 0 saturated carbocycles. The number of carbonyl (C=O) groups excluding carboxylic acids is 1. The zero-order valence-electron chi connectivity index (χ0n) is 16.7. The Balaban J connectivity index is 1.54. The van der Waals surface area contributed by atoms with Crippen molar-refractivity contribution in [3.8, 4) is 11.6 Å². The van der Waals surface area contributed by atoms with Crippen molar-refractivity contribution in [3.05, 3.63) is 58.9 Å². The van der Waals surface area contributed by atoms with Gasteiger partial charge in [-0.05, 0) is 24.6 Å². The van der Waals surface area contributed by atoms with Crippen LogP contribution < -0.4 is 0 Å². The fourth-order valence-corrected chi connectivity index (χ4v) is 4.24. The largest absolute Gasteiger partial charge is 0.416 e. The Labute approximate surface area is 178 Å². The molecule has 2 unspecified atom stereocenters. The van der Waals surface area contributed by atoms with Crippen LogP contribution in [0.25, 0.3) is 11.6 Å². The molecule has 12 heteroatoms. The first-order valence-corrected chi connectivity index (χ1v) is 9.74. The van der Waals surface area contributed by atoms with Crippen LogP contribution in [0.5, 0.6) is 0 Å². The third-order valence-corrected chi connectivity index (χ3v) is 5.71. The highest BCUT2D eigenvalue weighted by molar-refractivity contribution is 5.96. The van der Waals surface area contributed by atoms with Crippen molar-refractivity contribution in [2.45, 2.75) is 31.7 Å². The molecule has 0 N–H and O–H groups in total. The average molecular weight is 448 g/mol. The Kier molecular flexibility index (Phi) is 4.69. The second-order valence-electron chi connectivity index (χ2n) is 7.61. The maximum absolute atomic E-state index is 13.4. The molecule has 32 heavy (non-hydrogen) atoms. The second kappa shape index (κ2) is 7.33. The summed E-state index contributed by atoms with van der Waals surface area (Å²) in [7, 11) is 0. The van der Waals surface area contributed by atoms with Gasteiger partial charge in [0.2, 0.25) is 5.82 Å². The molecule has 2 aliphatic rings. The first-order valence-electron chi connectivity index (χ1n) is 9.74. The van der Waals surface area contributed by atoms with E-state index in [1.54, 1.807) is 4.57 Å². The number of amides is 1. The van der Waals surface area contributed by atoms with Gasteiger partial charge in [0.1, 0.15) is 6.04 Å². The molecule has 0 radical (unpaired) electrons. The van der Waals surface area contributed by atoms with E-state index in [9.17, 15) is 22.4 Å². The van der Waals surface area contributed by atoms with Gasteiger partial charge in [0.15, 0.2) is 17.5 Å². The van der Waals surface area contributed by atoms with Gasteiger partial charge in [-0.25, -0.2) is 14.4 Å². The number of halogens is 4. The summed E-state index contributed by atoms with van der Waals surface area (Å²) in [5.41, 5.74) is -0.996. The monoisotopic (exact) mass is 448 g/mol. The molecule has 4 heterocycles. The summed E-state index contributed by atoms with van der Waals surface area (Å²) in [6, 6.07) is 2.47. The molecule has 8 nitrogen and oxygen atoms in total. The minimum atomic E-state index is -4.56. The first kappa shape index (κ1) is 20.5. The van der Waals surface area contributed by atoms with E-state index in [0.29, 0.717) is 11.6 Å². The lowest BCUT2D eigenvalue weighted by Crippen LogP contribution is -2.56. The van der Waals surface area contributed by atoms with Crippen molar-refractivity contribution in [1.29, 1.82) is 0 Å². The van der Waals surface area contributed by atoms with Crippen LogP contribution in [0.2, 0.25) is 0 Å². The normalized spacial score (nSPS) is 20.2. The molecule has 1 fully saturated rings. The van der Waals surface area contributed by atoms with Crippen LogP contribution in [0.3, 0.4) is 0 Å². The van der Waals surface area contributed by atoms with E-state index in [0.717, 1.165) is 18.5 Å². The first-order chi connectivity index (χ1) is 15.3. The standard InChI is InChI=1S/C20H16F4N6O2/c1-10-13(3-2-4-14(10)20(22,23)24)19(31)30-12-7-29-17(15(30)9-32-8-12)27-28-18(29)16-25-5-11(21)6-26-16/h2-6,12,15H,7-9H2,1H3. The molecule has 0 spiro atoms. The number of fused-ring (bicyclic) bond motifs is 4. The zero-order valence-corrected chi connectivity index (χ0v) is 16.7. The lowest BCUT2D eigenvalue weighted by atomic mass is 9.97. The molecular weight excluding hydrogens is 432 g/mol. The SMILES string of the molecule is Cc1c(C(=O)N2C3COCC2c2nnc(-c4ncc(F)cn4)n2C3)cccc1C(F)(F)F. The summed E-state index contributed by atoms with van der Waals surface area (Å²) in [5.74, 6) is -0.217. The minimum absolute atomic E-state index is 0.0215. The fraction of sp³-hybridized carbons (Fsp3) is 0.350. The van der Waals surface area contributed by atoms with Crippen molar-refractivity contribution in [1.82, 2.24) is 29.6 Å². The van der Waals surface area contributed by atoms with Gasteiger partial charge in [-0.2, -0.15) is 13.2 Å². The molecule has 2 bridgehead atoms. The summed E-state index contributed by atoms with van der Waals surface area (Å²) < 4.78 is 60.6. The van der Waals surface area contributed by atoms with Gasteiger partial charge < -0.3 is 14.2 Å². The molecular formula is C20H16F4N6O2. The number of benzene rings is 1. The lowest BCUT2D eigenvalue weighted by molar-refractivity contribution is -0.138.